The molecule has 0 aromatic heterocycles. The minimum absolute atomic E-state index is 0.00986. The Morgan fingerprint density at radius 2 is 1.74 bits per heavy atom. The summed E-state index contributed by atoms with van der Waals surface area (Å²) in [6, 6.07) is 1.69. The molecule has 0 heterocycles. The SMILES string of the molecule is CCCCCCC(C)ON=O.O=C(O)c1cc(O)c(O)c(O)c1. The highest BCUT2D eigenvalue weighted by molar-refractivity contribution is 5.89. The van der Waals surface area contributed by atoms with E-state index in [1.807, 2.05) is 6.92 Å². The van der Waals surface area contributed by atoms with Crippen LogP contribution in [-0.4, -0.2) is 32.5 Å². The minimum Gasteiger partial charge on any atom is -0.504 e. The number of unbranched alkanes of at least 4 members (excludes halogenated alkanes) is 3. The van der Waals surface area contributed by atoms with E-state index < -0.39 is 23.2 Å². The summed E-state index contributed by atoms with van der Waals surface area (Å²) in [6.07, 6.45) is 5.78. The Bertz CT molecular complexity index is 482. The summed E-state index contributed by atoms with van der Waals surface area (Å²) in [4.78, 5) is 24.4. The minimum atomic E-state index is -1.29. The molecule has 8 nitrogen and oxygen atoms in total. The summed E-state index contributed by atoms with van der Waals surface area (Å²) in [5.41, 5.74) is -0.289. The lowest BCUT2D eigenvalue weighted by Crippen LogP contribution is -2.02. The van der Waals surface area contributed by atoms with E-state index in [2.05, 4.69) is 17.1 Å². The predicted octanol–water partition coefficient (Wildman–Crippen LogP) is 3.54. The van der Waals surface area contributed by atoms with Gasteiger partial charge in [0, 0.05) is 0 Å². The Morgan fingerprint density at radius 3 is 2.17 bits per heavy atom. The first-order valence-electron chi connectivity index (χ1n) is 7.30. The van der Waals surface area contributed by atoms with Gasteiger partial charge in [0.2, 0.25) is 0 Å². The van der Waals surface area contributed by atoms with Crippen LogP contribution in [0.2, 0.25) is 0 Å². The van der Waals surface area contributed by atoms with E-state index in [1.165, 1.54) is 19.3 Å². The summed E-state index contributed by atoms with van der Waals surface area (Å²) in [7, 11) is 0. The predicted molar refractivity (Wildman–Crippen MR) is 83.5 cm³/mol. The Kier molecular flexibility index (Phi) is 9.90. The Balaban J connectivity index is 0.000000423. The van der Waals surface area contributed by atoms with Gasteiger partial charge < -0.3 is 25.3 Å². The molecule has 1 rings (SSSR count). The molecule has 1 aromatic rings. The first-order valence-corrected chi connectivity index (χ1v) is 7.30. The second-order valence-corrected chi connectivity index (χ2v) is 5.01. The number of carboxylic acid groups (broad SMARTS) is 1. The van der Waals surface area contributed by atoms with Gasteiger partial charge in [-0.2, -0.15) is 0 Å². The van der Waals surface area contributed by atoms with E-state index in [9.17, 15) is 9.70 Å². The molecule has 0 aliphatic rings. The zero-order chi connectivity index (χ0) is 17.8. The zero-order valence-electron chi connectivity index (χ0n) is 13.2. The first-order chi connectivity index (χ1) is 10.8. The van der Waals surface area contributed by atoms with Crippen LogP contribution in [0.5, 0.6) is 17.2 Å². The highest BCUT2D eigenvalue weighted by Gasteiger charge is 2.11. The molecule has 0 aliphatic carbocycles. The van der Waals surface area contributed by atoms with Gasteiger partial charge in [0.05, 0.1) is 5.56 Å². The summed E-state index contributed by atoms with van der Waals surface area (Å²) in [5, 5.41) is 37.3. The molecule has 0 bridgehead atoms. The molecule has 0 aliphatic heterocycles. The van der Waals surface area contributed by atoms with Crippen LogP contribution in [0, 0.1) is 4.91 Å². The topological polar surface area (TPSA) is 137 Å². The molecule has 1 unspecified atom stereocenters. The summed E-state index contributed by atoms with van der Waals surface area (Å²) in [6.45, 7) is 4.04. The lowest BCUT2D eigenvalue weighted by Gasteiger charge is -2.05. The van der Waals surface area contributed by atoms with E-state index in [0.717, 1.165) is 25.0 Å². The molecule has 1 atom stereocenters. The quantitative estimate of drug-likeness (QED) is 0.248. The number of phenolic OH excluding ortho intramolecular Hbond substituents is 3. The number of benzene rings is 1. The molecule has 0 saturated carbocycles. The molecular weight excluding hydrogens is 306 g/mol. The van der Waals surface area contributed by atoms with Crippen molar-refractivity contribution in [2.45, 2.75) is 52.1 Å². The second-order valence-electron chi connectivity index (χ2n) is 5.01. The number of hydrogen-bond acceptors (Lipinski definition) is 7. The van der Waals surface area contributed by atoms with Gasteiger partial charge in [-0.3, -0.25) is 0 Å². The second kappa shape index (κ2) is 11.1. The molecule has 0 saturated heterocycles. The summed E-state index contributed by atoms with van der Waals surface area (Å²) in [5.74, 6) is -3.33. The van der Waals surface area contributed by atoms with Crippen LogP contribution in [-0.2, 0) is 4.84 Å². The monoisotopic (exact) mass is 329 g/mol. The number of aromatic hydroxyl groups is 3. The van der Waals surface area contributed by atoms with Crippen LogP contribution < -0.4 is 0 Å². The number of rotatable bonds is 8. The average Bonchev–Trinajstić information content (AvgIpc) is 2.49. The summed E-state index contributed by atoms with van der Waals surface area (Å²) < 4.78 is 0. The van der Waals surface area contributed by atoms with Crippen molar-refractivity contribution in [3.05, 3.63) is 22.6 Å². The molecular formula is C15H23NO7. The van der Waals surface area contributed by atoms with Crippen molar-refractivity contribution in [3.63, 3.8) is 0 Å². The van der Waals surface area contributed by atoms with E-state index in [0.29, 0.717) is 0 Å². The summed E-state index contributed by atoms with van der Waals surface area (Å²) >= 11 is 0. The van der Waals surface area contributed by atoms with E-state index in [4.69, 9.17) is 20.4 Å². The average molecular weight is 329 g/mol. The largest absolute Gasteiger partial charge is 0.504 e. The van der Waals surface area contributed by atoms with Crippen molar-refractivity contribution in [1.82, 2.24) is 0 Å². The highest BCUT2D eigenvalue weighted by atomic mass is 16.7. The third-order valence-electron chi connectivity index (χ3n) is 3.00. The Labute approximate surface area is 134 Å². The van der Waals surface area contributed by atoms with Crippen LogP contribution in [0.25, 0.3) is 0 Å². The molecule has 0 amide bonds. The lowest BCUT2D eigenvalue weighted by molar-refractivity contribution is 0.0607. The standard InChI is InChI=1S/C8H17NO2.C7H6O5/c1-3-4-5-6-7-8(2)11-9-10;8-4-1-3(7(11)12)2-5(9)6(4)10/h8H,3-7H2,1-2H3;1-2,8-10H,(H,11,12). The van der Waals surface area contributed by atoms with Gasteiger partial charge in [-0.05, 0) is 31.9 Å². The van der Waals surface area contributed by atoms with Crippen molar-refractivity contribution in [3.8, 4) is 17.2 Å². The smallest absolute Gasteiger partial charge is 0.335 e. The maximum absolute atomic E-state index is 10.3. The van der Waals surface area contributed by atoms with E-state index in [1.54, 1.807) is 0 Å². The lowest BCUT2D eigenvalue weighted by atomic mass is 10.1. The first kappa shape index (κ1) is 20.5. The van der Waals surface area contributed by atoms with Crippen molar-refractivity contribution >= 4 is 5.97 Å². The van der Waals surface area contributed by atoms with Crippen molar-refractivity contribution < 1.29 is 30.1 Å². The van der Waals surface area contributed by atoms with Crippen LogP contribution in [0.15, 0.2) is 17.5 Å². The van der Waals surface area contributed by atoms with Crippen LogP contribution in [0.4, 0.5) is 0 Å². The van der Waals surface area contributed by atoms with Gasteiger partial charge in [0.15, 0.2) is 22.6 Å². The molecule has 0 radical (unpaired) electrons. The highest BCUT2D eigenvalue weighted by Crippen LogP contribution is 2.35. The number of phenols is 3. The zero-order valence-corrected chi connectivity index (χ0v) is 13.2. The third-order valence-corrected chi connectivity index (χ3v) is 3.00. The fourth-order valence-electron chi connectivity index (χ4n) is 1.71. The van der Waals surface area contributed by atoms with E-state index in [-0.39, 0.29) is 11.7 Å². The van der Waals surface area contributed by atoms with Crippen LogP contribution in [0.3, 0.4) is 0 Å². The van der Waals surface area contributed by atoms with Crippen LogP contribution >= 0.6 is 0 Å². The molecule has 1 aromatic carbocycles. The molecule has 23 heavy (non-hydrogen) atoms. The number of aromatic carboxylic acids is 1. The molecule has 0 spiro atoms. The molecule has 130 valence electrons. The number of carboxylic acids is 1. The Morgan fingerprint density at radius 1 is 1.17 bits per heavy atom. The van der Waals surface area contributed by atoms with Crippen molar-refractivity contribution in [1.29, 1.82) is 0 Å². The van der Waals surface area contributed by atoms with E-state index >= 15 is 0 Å². The van der Waals surface area contributed by atoms with Gasteiger partial charge in [-0.25, -0.2) is 4.79 Å². The maximum atomic E-state index is 10.3. The molecule has 8 heteroatoms. The number of nitrogens with zero attached hydrogens (tertiary/aromatic N) is 1. The number of hydrogen-bond donors (Lipinski definition) is 4. The van der Waals surface area contributed by atoms with Crippen molar-refractivity contribution in [2.24, 2.45) is 5.34 Å². The molecule has 4 N–H and O–H groups in total. The van der Waals surface area contributed by atoms with Gasteiger partial charge in [-0.1, -0.05) is 26.2 Å². The molecule has 0 fully saturated rings. The normalized spacial score (nSPS) is 11.0. The number of carbonyl (C=O) groups is 1. The van der Waals surface area contributed by atoms with Gasteiger partial charge >= 0.3 is 5.97 Å². The van der Waals surface area contributed by atoms with Crippen molar-refractivity contribution in [2.75, 3.05) is 0 Å². The van der Waals surface area contributed by atoms with Gasteiger partial charge in [-0.15, -0.1) is 4.91 Å². The third kappa shape index (κ3) is 8.50. The van der Waals surface area contributed by atoms with Gasteiger partial charge in [0.25, 0.3) is 0 Å². The van der Waals surface area contributed by atoms with Gasteiger partial charge in [0.1, 0.15) is 6.10 Å². The fourth-order valence-corrected chi connectivity index (χ4v) is 1.71. The fraction of sp³-hybridized carbons (Fsp3) is 0.533. The Hall–Kier alpha value is -2.51. The van der Waals surface area contributed by atoms with Crippen LogP contribution in [0.1, 0.15) is 56.3 Å². The maximum Gasteiger partial charge on any atom is 0.335 e.